The molecule has 1 amide bonds. The van der Waals surface area contributed by atoms with Gasteiger partial charge in [0, 0.05) is 27.3 Å². The Morgan fingerprint density at radius 1 is 1.47 bits per heavy atom. The first-order valence-electron chi connectivity index (χ1n) is 4.50. The third-order valence-corrected chi connectivity index (χ3v) is 1.88. The summed E-state index contributed by atoms with van der Waals surface area (Å²) in [4.78, 5) is 22.6. The molecule has 1 rings (SSSR count). The molecule has 1 aromatic rings. The Balaban J connectivity index is 2.69. The predicted molar refractivity (Wildman–Crippen MR) is 58.4 cm³/mol. The first-order valence-corrected chi connectivity index (χ1v) is 4.50. The molecule has 2 N–H and O–H groups in total. The summed E-state index contributed by atoms with van der Waals surface area (Å²) in [5.74, 6) is 0.831. The topological polar surface area (TPSA) is 75.4 Å². The molecule has 0 unspecified atom stereocenters. The molecule has 0 spiro atoms. The average molecular weight is 209 g/mol. The number of carbonyl (C=O) groups excluding carboxylic acids is 1. The summed E-state index contributed by atoms with van der Waals surface area (Å²) in [5.41, 5.74) is 5.51. The SMILES string of the molecule is CN(C)C(=O)CN(C)c1nccc(N)n1. The molecule has 0 aliphatic rings. The zero-order chi connectivity index (χ0) is 11.4. The Morgan fingerprint density at radius 2 is 2.13 bits per heavy atom. The van der Waals surface area contributed by atoms with Crippen LogP contribution in [0.25, 0.3) is 0 Å². The van der Waals surface area contributed by atoms with Gasteiger partial charge in [0.15, 0.2) is 0 Å². The van der Waals surface area contributed by atoms with Crippen LogP contribution in [0.4, 0.5) is 11.8 Å². The molecular weight excluding hydrogens is 194 g/mol. The number of nitrogens with zero attached hydrogens (tertiary/aromatic N) is 4. The second kappa shape index (κ2) is 4.59. The van der Waals surface area contributed by atoms with Crippen molar-refractivity contribution in [3.8, 4) is 0 Å². The van der Waals surface area contributed by atoms with Crippen molar-refractivity contribution in [3.63, 3.8) is 0 Å². The minimum absolute atomic E-state index is 0.0106. The fourth-order valence-corrected chi connectivity index (χ4v) is 0.961. The molecule has 0 saturated heterocycles. The van der Waals surface area contributed by atoms with E-state index in [1.807, 2.05) is 0 Å². The monoisotopic (exact) mass is 209 g/mol. The molecule has 6 nitrogen and oxygen atoms in total. The van der Waals surface area contributed by atoms with Gasteiger partial charge < -0.3 is 15.5 Å². The lowest BCUT2D eigenvalue weighted by Gasteiger charge is -2.18. The molecule has 0 bridgehead atoms. The maximum atomic E-state index is 11.4. The molecule has 0 radical (unpaired) electrons. The zero-order valence-corrected chi connectivity index (χ0v) is 9.14. The van der Waals surface area contributed by atoms with Crippen LogP contribution in [0.2, 0.25) is 0 Å². The molecule has 0 aromatic carbocycles. The number of aromatic nitrogens is 2. The molecule has 0 atom stereocenters. The van der Waals surface area contributed by atoms with Gasteiger partial charge in [-0.3, -0.25) is 4.79 Å². The van der Waals surface area contributed by atoms with Gasteiger partial charge in [-0.2, -0.15) is 4.98 Å². The molecule has 0 aliphatic carbocycles. The molecule has 1 heterocycles. The van der Waals surface area contributed by atoms with E-state index in [0.717, 1.165) is 0 Å². The Kier molecular flexibility index (Phi) is 3.43. The van der Waals surface area contributed by atoms with Gasteiger partial charge in [0.1, 0.15) is 5.82 Å². The third kappa shape index (κ3) is 3.08. The molecule has 15 heavy (non-hydrogen) atoms. The summed E-state index contributed by atoms with van der Waals surface area (Å²) in [6, 6.07) is 1.60. The fraction of sp³-hybridized carbons (Fsp3) is 0.444. The van der Waals surface area contributed by atoms with Crippen LogP contribution in [0.15, 0.2) is 12.3 Å². The average Bonchev–Trinajstić information content (AvgIpc) is 2.17. The maximum absolute atomic E-state index is 11.4. The second-order valence-corrected chi connectivity index (χ2v) is 3.43. The van der Waals surface area contributed by atoms with Gasteiger partial charge in [-0.25, -0.2) is 4.98 Å². The Labute approximate surface area is 88.7 Å². The molecule has 0 aliphatic heterocycles. The first kappa shape index (κ1) is 11.2. The van der Waals surface area contributed by atoms with Gasteiger partial charge in [-0.15, -0.1) is 0 Å². The summed E-state index contributed by atoms with van der Waals surface area (Å²) in [6.07, 6.45) is 1.56. The van der Waals surface area contributed by atoms with Crippen LogP contribution < -0.4 is 10.6 Å². The van der Waals surface area contributed by atoms with Crippen molar-refractivity contribution in [1.82, 2.24) is 14.9 Å². The number of likely N-dealkylation sites (N-methyl/N-ethyl adjacent to an activating group) is 2. The number of anilines is 2. The molecule has 1 aromatic heterocycles. The molecule has 0 saturated carbocycles. The van der Waals surface area contributed by atoms with Crippen molar-refractivity contribution in [2.45, 2.75) is 0 Å². The minimum Gasteiger partial charge on any atom is -0.384 e. The Hall–Kier alpha value is -1.85. The van der Waals surface area contributed by atoms with E-state index in [2.05, 4.69) is 9.97 Å². The van der Waals surface area contributed by atoms with E-state index in [0.29, 0.717) is 11.8 Å². The van der Waals surface area contributed by atoms with Crippen molar-refractivity contribution < 1.29 is 4.79 Å². The predicted octanol–water partition coefficient (Wildman–Crippen LogP) is -0.417. The molecular formula is C9H15N5O. The van der Waals surface area contributed by atoms with Crippen molar-refractivity contribution >= 4 is 17.7 Å². The van der Waals surface area contributed by atoms with Crippen LogP contribution in [-0.2, 0) is 4.79 Å². The fourth-order valence-electron chi connectivity index (χ4n) is 0.961. The van der Waals surface area contributed by atoms with E-state index in [1.54, 1.807) is 38.3 Å². The quantitative estimate of drug-likeness (QED) is 0.732. The summed E-state index contributed by atoms with van der Waals surface area (Å²) >= 11 is 0. The van der Waals surface area contributed by atoms with Gasteiger partial charge in [0.25, 0.3) is 0 Å². The van der Waals surface area contributed by atoms with E-state index in [4.69, 9.17) is 5.73 Å². The maximum Gasteiger partial charge on any atom is 0.241 e. The summed E-state index contributed by atoms with van der Waals surface area (Å²) in [5, 5.41) is 0. The van der Waals surface area contributed by atoms with Crippen LogP contribution in [0.3, 0.4) is 0 Å². The van der Waals surface area contributed by atoms with Crippen molar-refractivity contribution in [1.29, 1.82) is 0 Å². The third-order valence-electron chi connectivity index (χ3n) is 1.88. The van der Waals surface area contributed by atoms with E-state index in [9.17, 15) is 4.79 Å². The van der Waals surface area contributed by atoms with Gasteiger partial charge in [-0.05, 0) is 6.07 Å². The lowest BCUT2D eigenvalue weighted by Crippen LogP contribution is -2.35. The van der Waals surface area contributed by atoms with Crippen LogP contribution in [0.5, 0.6) is 0 Å². The summed E-state index contributed by atoms with van der Waals surface area (Å²) in [7, 11) is 5.16. The summed E-state index contributed by atoms with van der Waals surface area (Å²) < 4.78 is 0. The van der Waals surface area contributed by atoms with Crippen LogP contribution in [0, 0.1) is 0 Å². The van der Waals surface area contributed by atoms with Crippen LogP contribution in [0.1, 0.15) is 0 Å². The van der Waals surface area contributed by atoms with Gasteiger partial charge in [-0.1, -0.05) is 0 Å². The zero-order valence-electron chi connectivity index (χ0n) is 9.14. The van der Waals surface area contributed by atoms with Crippen molar-refractivity contribution in [2.75, 3.05) is 38.3 Å². The number of hydrogen-bond acceptors (Lipinski definition) is 5. The van der Waals surface area contributed by atoms with E-state index in [-0.39, 0.29) is 12.5 Å². The van der Waals surface area contributed by atoms with E-state index in [1.165, 1.54) is 4.90 Å². The van der Waals surface area contributed by atoms with E-state index >= 15 is 0 Å². The number of amides is 1. The smallest absolute Gasteiger partial charge is 0.241 e. The molecule has 82 valence electrons. The lowest BCUT2D eigenvalue weighted by atomic mass is 10.5. The Morgan fingerprint density at radius 3 is 2.67 bits per heavy atom. The molecule has 6 heteroatoms. The number of nitrogens with two attached hydrogens (primary N) is 1. The van der Waals surface area contributed by atoms with Gasteiger partial charge >= 0.3 is 0 Å². The number of hydrogen-bond donors (Lipinski definition) is 1. The number of nitrogen functional groups attached to an aromatic ring is 1. The second-order valence-electron chi connectivity index (χ2n) is 3.43. The van der Waals surface area contributed by atoms with Crippen LogP contribution >= 0.6 is 0 Å². The minimum atomic E-state index is -0.0106. The first-order chi connectivity index (χ1) is 7.00. The van der Waals surface area contributed by atoms with E-state index < -0.39 is 0 Å². The number of carbonyl (C=O) groups is 1. The van der Waals surface area contributed by atoms with Crippen molar-refractivity contribution in [2.24, 2.45) is 0 Å². The lowest BCUT2D eigenvalue weighted by molar-refractivity contribution is -0.127. The highest BCUT2D eigenvalue weighted by molar-refractivity contribution is 5.80. The highest BCUT2D eigenvalue weighted by Crippen LogP contribution is 2.05. The molecule has 0 fully saturated rings. The highest BCUT2D eigenvalue weighted by atomic mass is 16.2. The highest BCUT2D eigenvalue weighted by Gasteiger charge is 2.10. The largest absolute Gasteiger partial charge is 0.384 e. The van der Waals surface area contributed by atoms with Crippen molar-refractivity contribution in [3.05, 3.63) is 12.3 Å². The standard InChI is InChI=1S/C9H15N5O/c1-13(2)8(15)6-14(3)9-11-5-4-7(10)12-9/h4-5H,6H2,1-3H3,(H2,10,11,12). The van der Waals surface area contributed by atoms with Crippen LogP contribution in [-0.4, -0.2) is 48.5 Å². The number of rotatable bonds is 3. The van der Waals surface area contributed by atoms with Gasteiger partial charge in [0.2, 0.25) is 11.9 Å². The Bertz CT molecular complexity index is 352. The van der Waals surface area contributed by atoms with Gasteiger partial charge in [0.05, 0.1) is 6.54 Å². The normalized spacial score (nSPS) is 9.80. The summed E-state index contributed by atoms with van der Waals surface area (Å²) in [6.45, 7) is 0.233.